The minimum absolute atomic E-state index is 0.0774. The molecule has 2 aliphatic heterocycles. The number of anilines is 2. The van der Waals surface area contributed by atoms with Crippen molar-refractivity contribution in [3.63, 3.8) is 0 Å². The summed E-state index contributed by atoms with van der Waals surface area (Å²) >= 11 is 0. The molecule has 1 nitrogen and oxygen atoms in total. The van der Waals surface area contributed by atoms with E-state index in [-0.39, 0.29) is 17.7 Å². The average molecular weight is 487 g/mol. The predicted octanol–water partition coefficient (Wildman–Crippen LogP) is 7.23. The maximum Gasteiger partial charge on any atom is 0.328 e. The minimum atomic E-state index is -0.168. The van der Waals surface area contributed by atoms with E-state index in [1.165, 1.54) is 66.8 Å². The van der Waals surface area contributed by atoms with Gasteiger partial charge in [-0.1, -0.05) is 117 Å². The highest BCUT2D eigenvalue weighted by Gasteiger charge is 2.52. The summed E-state index contributed by atoms with van der Waals surface area (Å²) in [5.74, 6) is 0. The van der Waals surface area contributed by atoms with E-state index in [2.05, 4.69) is 142 Å². The number of para-hydroxylation sites is 2. The normalized spacial score (nSPS) is 19.3. The Morgan fingerprint density at radius 3 is 2.00 bits per heavy atom. The molecule has 0 N–H and O–H groups in total. The van der Waals surface area contributed by atoms with Gasteiger partial charge in [0, 0.05) is 22.2 Å². The van der Waals surface area contributed by atoms with E-state index in [0.717, 1.165) is 0 Å². The zero-order chi connectivity index (χ0) is 25.8. The van der Waals surface area contributed by atoms with Crippen molar-refractivity contribution in [2.75, 3.05) is 4.81 Å². The number of aryl methyl sites for hydroxylation is 1. The van der Waals surface area contributed by atoms with Crippen LogP contribution in [0.25, 0.3) is 11.1 Å². The molecule has 182 valence electrons. The van der Waals surface area contributed by atoms with Gasteiger partial charge in [-0.2, -0.15) is 0 Å². The third kappa shape index (κ3) is 2.49. The molecule has 3 aliphatic rings. The number of fused-ring (bicyclic) bond motifs is 7. The number of rotatable bonds is 1. The lowest BCUT2D eigenvalue weighted by molar-refractivity contribution is 0.632. The monoisotopic (exact) mass is 487 g/mol. The molecular weight excluding hydrogens is 457 g/mol. The summed E-state index contributed by atoms with van der Waals surface area (Å²) in [5, 5.41) is 0. The van der Waals surface area contributed by atoms with Crippen LogP contribution in [-0.2, 0) is 10.8 Å². The Bertz CT molecular complexity index is 1800. The summed E-state index contributed by atoms with van der Waals surface area (Å²) < 4.78 is 0. The predicted molar refractivity (Wildman–Crippen MR) is 161 cm³/mol. The molecule has 8 rings (SSSR count). The van der Waals surface area contributed by atoms with Gasteiger partial charge in [0.1, 0.15) is 0 Å². The molecule has 0 saturated heterocycles. The fourth-order valence-electron chi connectivity index (χ4n) is 8.01. The third-order valence-electron chi connectivity index (χ3n) is 9.69. The number of benzene rings is 5. The highest BCUT2D eigenvalue weighted by Crippen LogP contribution is 2.55. The second-order valence-corrected chi connectivity index (χ2v) is 11.9. The molecule has 0 bridgehead atoms. The molecule has 0 amide bonds. The largest absolute Gasteiger partial charge is 0.376 e. The summed E-state index contributed by atoms with van der Waals surface area (Å²) in [4.78, 5) is 2.67. The van der Waals surface area contributed by atoms with Crippen LogP contribution in [-0.4, -0.2) is 6.85 Å². The lowest BCUT2D eigenvalue weighted by Gasteiger charge is -2.48. The van der Waals surface area contributed by atoms with E-state index in [0.29, 0.717) is 0 Å². The van der Waals surface area contributed by atoms with Gasteiger partial charge in [0.15, 0.2) is 0 Å². The molecule has 1 unspecified atom stereocenters. The molecule has 0 saturated carbocycles. The van der Waals surface area contributed by atoms with Crippen molar-refractivity contribution in [2.24, 2.45) is 0 Å². The smallest absolute Gasteiger partial charge is 0.328 e. The first-order valence-electron chi connectivity index (χ1n) is 13.8. The van der Waals surface area contributed by atoms with E-state index >= 15 is 0 Å². The summed E-state index contributed by atoms with van der Waals surface area (Å²) in [6, 6.07) is 41.2. The first kappa shape index (κ1) is 22.0. The van der Waals surface area contributed by atoms with Gasteiger partial charge in [0.25, 0.3) is 0 Å². The van der Waals surface area contributed by atoms with Crippen LogP contribution in [0.2, 0.25) is 0 Å². The van der Waals surface area contributed by atoms with Gasteiger partial charge < -0.3 is 4.81 Å². The fraction of sp³-hybridized carbons (Fsp3) is 0.167. The van der Waals surface area contributed by atoms with E-state index in [9.17, 15) is 0 Å². The molecule has 2 heterocycles. The number of nitrogens with zero attached hydrogens (tertiary/aromatic N) is 1. The molecule has 1 atom stereocenters. The van der Waals surface area contributed by atoms with Gasteiger partial charge in [0.05, 0.1) is 0 Å². The van der Waals surface area contributed by atoms with Crippen molar-refractivity contribution in [1.29, 1.82) is 0 Å². The zero-order valence-electron chi connectivity index (χ0n) is 22.4. The maximum absolute atomic E-state index is 2.67. The van der Waals surface area contributed by atoms with E-state index in [4.69, 9.17) is 0 Å². The van der Waals surface area contributed by atoms with Crippen LogP contribution in [0.15, 0.2) is 109 Å². The molecular formula is C36H30BN. The van der Waals surface area contributed by atoms with Crippen molar-refractivity contribution < 1.29 is 0 Å². The summed E-state index contributed by atoms with van der Waals surface area (Å²) in [7, 11) is 0. The Kier molecular flexibility index (Phi) is 4.22. The standard InChI is InChI=1S/C36H30BN/c1-23-13-11-19-29-34(23)38(32-22-10-8-18-28(32)35(29,2)3)37-30-20-9-7-17-27(30)36(4)26-16-6-5-14-24(26)25-15-12-21-31(37)33(25)36/h5-22H,1-4H3. The molecule has 0 fully saturated rings. The minimum Gasteiger partial charge on any atom is -0.376 e. The van der Waals surface area contributed by atoms with Crippen LogP contribution >= 0.6 is 0 Å². The van der Waals surface area contributed by atoms with E-state index < -0.39 is 0 Å². The number of hydrogen-bond donors (Lipinski definition) is 0. The van der Waals surface area contributed by atoms with Gasteiger partial charge in [-0.05, 0) is 75.3 Å². The first-order valence-corrected chi connectivity index (χ1v) is 13.8. The van der Waals surface area contributed by atoms with E-state index in [1.807, 2.05) is 0 Å². The van der Waals surface area contributed by atoms with Crippen LogP contribution in [0, 0.1) is 6.92 Å². The van der Waals surface area contributed by atoms with Crippen molar-refractivity contribution in [3.05, 3.63) is 143 Å². The Balaban J connectivity index is 1.51. The highest BCUT2D eigenvalue weighted by atomic mass is 15.1. The summed E-state index contributed by atoms with van der Waals surface area (Å²) in [6.07, 6.45) is 0. The number of hydrogen-bond acceptors (Lipinski definition) is 1. The molecule has 38 heavy (non-hydrogen) atoms. The topological polar surface area (TPSA) is 3.24 Å². The Labute approximate surface area is 225 Å². The van der Waals surface area contributed by atoms with Crippen molar-refractivity contribution in [3.8, 4) is 11.1 Å². The lowest BCUT2D eigenvalue weighted by Crippen LogP contribution is -2.63. The van der Waals surface area contributed by atoms with Crippen LogP contribution in [0.5, 0.6) is 0 Å². The maximum atomic E-state index is 2.67. The lowest BCUT2D eigenvalue weighted by atomic mass is 9.40. The van der Waals surface area contributed by atoms with E-state index in [1.54, 1.807) is 0 Å². The molecule has 5 aromatic carbocycles. The zero-order valence-corrected chi connectivity index (χ0v) is 22.4. The molecule has 2 heteroatoms. The second-order valence-electron chi connectivity index (χ2n) is 11.9. The highest BCUT2D eigenvalue weighted by molar-refractivity contribution is 6.90. The van der Waals surface area contributed by atoms with Gasteiger partial charge in [0.2, 0.25) is 0 Å². The van der Waals surface area contributed by atoms with Crippen LogP contribution in [0.3, 0.4) is 0 Å². The van der Waals surface area contributed by atoms with Crippen molar-refractivity contribution >= 4 is 29.1 Å². The molecule has 0 spiro atoms. The Hall–Kier alpha value is -4.04. The first-order chi connectivity index (χ1) is 18.4. The van der Waals surface area contributed by atoms with Crippen LogP contribution in [0.1, 0.15) is 54.2 Å². The second kappa shape index (κ2) is 7.29. The summed E-state index contributed by atoms with van der Waals surface area (Å²) in [5.41, 5.74) is 16.4. The molecule has 5 aromatic rings. The van der Waals surface area contributed by atoms with Gasteiger partial charge in [-0.3, -0.25) is 0 Å². The van der Waals surface area contributed by atoms with Crippen LogP contribution in [0.4, 0.5) is 11.4 Å². The molecule has 0 aromatic heterocycles. The quantitative estimate of drug-likeness (QED) is 0.226. The Morgan fingerprint density at radius 2 is 1.16 bits per heavy atom. The molecule has 0 radical (unpaired) electrons. The third-order valence-corrected chi connectivity index (χ3v) is 9.69. The SMILES string of the molecule is Cc1cccc2c1N(B1c3ccccc3C3(C)c4ccccc4-c4cccc1c43)c1ccccc1C2(C)C. The van der Waals surface area contributed by atoms with Crippen LogP contribution < -0.4 is 15.7 Å². The van der Waals surface area contributed by atoms with Gasteiger partial charge in [-0.25, -0.2) is 0 Å². The van der Waals surface area contributed by atoms with Gasteiger partial charge >= 0.3 is 6.85 Å². The van der Waals surface area contributed by atoms with Crippen molar-refractivity contribution in [1.82, 2.24) is 0 Å². The fourth-order valence-corrected chi connectivity index (χ4v) is 8.01. The van der Waals surface area contributed by atoms with Crippen molar-refractivity contribution in [2.45, 2.75) is 38.5 Å². The van der Waals surface area contributed by atoms with Gasteiger partial charge in [-0.15, -0.1) is 0 Å². The Morgan fingerprint density at radius 1 is 0.553 bits per heavy atom. The summed E-state index contributed by atoms with van der Waals surface area (Å²) in [6.45, 7) is 9.57. The molecule has 1 aliphatic carbocycles. The average Bonchev–Trinajstić information content (AvgIpc) is 3.21.